The largest absolute Gasteiger partial charge is 0.493 e. The predicted molar refractivity (Wildman–Crippen MR) is 110 cm³/mol. The van der Waals surface area contributed by atoms with Crippen LogP contribution >= 0.6 is 0 Å². The van der Waals surface area contributed by atoms with Crippen molar-refractivity contribution < 1.29 is 19.0 Å². The molecule has 0 aliphatic rings. The first-order chi connectivity index (χ1) is 13.1. The molecule has 0 bridgehead atoms. The van der Waals surface area contributed by atoms with Crippen LogP contribution in [0.5, 0.6) is 5.75 Å². The van der Waals surface area contributed by atoms with Crippen molar-refractivity contribution in [2.24, 2.45) is 5.92 Å². The van der Waals surface area contributed by atoms with Crippen molar-refractivity contribution >= 4 is 5.97 Å². The van der Waals surface area contributed by atoms with Gasteiger partial charge in [0.25, 0.3) is 0 Å². The van der Waals surface area contributed by atoms with Gasteiger partial charge in [-0.25, -0.2) is 0 Å². The van der Waals surface area contributed by atoms with E-state index < -0.39 is 0 Å². The molecule has 1 aromatic rings. The lowest BCUT2D eigenvalue weighted by Gasteiger charge is -2.18. The molecular formula is C23H38O4. The van der Waals surface area contributed by atoms with Crippen molar-refractivity contribution in [1.82, 2.24) is 0 Å². The van der Waals surface area contributed by atoms with Gasteiger partial charge in [0.15, 0.2) is 0 Å². The Labute approximate surface area is 165 Å². The fourth-order valence-electron chi connectivity index (χ4n) is 2.93. The van der Waals surface area contributed by atoms with Crippen molar-refractivity contribution in [3.05, 3.63) is 29.8 Å². The second kappa shape index (κ2) is 14.5. The normalized spacial score (nSPS) is 13.2. The van der Waals surface area contributed by atoms with E-state index in [-0.39, 0.29) is 12.1 Å². The first-order valence-electron chi connectivity index (χ1n) is 10.6. The van der Waals surface area contributed by atoms with Crippen LogP contribution in [0.25, 0.3) is 0 Å². The van der Waals surface area contributed by atoms with E-state index in [1.807, 2.05) is 26.0 Å². The molecule has 1 unspecified atom stereocenters. The molecule has 2 atom stereocenters. The Bertz CT molecular complexity index is 498. The molecule has 4 nitrogen and oxygen atoms in total. The summed E-state index contributed by atoms with van der Waals surface area (Å²) in [6, 6.07) is 8.12. The van der Waals surface area contributed by atoms with Gasteiger partial charge in [0.2, 0.25) is 0 Å². The molecule has 0 aromatic heterocycles. The Balaban J connectivity index is 2.55. The van der Waals surface area contributed by atoms with Crippen LogP contribution in [0, 0.1) is 5.92 Å². The summed E-state index contributed by atoms with van der Waals surface area (Å²) >= 11 is 0. The van der Waals surface area contributed by atoms with Crippen molar-refractivity contribution in [2.75, 3.05) is 19.8 Å². The van der Waals surface area contributed by atoms with Crippen LogP contribution in [0.4, 0.5) is 0 Å². The summed E-state index contributed by atoms with van der Waals surface area (Å²) in [4.78, 5) is 11.8. The smallest absolute Gasteiger partial charge is 0.306 e. The van der Waals surface area contributed by atoms with Crippen LogP contribution in [0.2, 0.25) is 0 Å². The SMILES string of the molecule is CCCCC(CC)COc1ccc(C[C@@H](COCC)OC(=O)CCC)cc1. The quantitative estimate of drug-likeness (QED) is 0.374. The number of carbonyl (C=O) groups is 1. The highest BCUT2D eigenvalue weighted by Gasteiger charge is 2.15. The lowest BCUT2D eigenvalue weighted by atomic mass is 10.0. The monoisotopic (exact) mass is 378 g/mol. The van der Waals surface area contributed by atoms with Crippen molar-refractivity contribution in [1.29, 1.82) is 0 Å². The zero-order chi connectivity index (χ0) is 19.9. The lowest BCUT2D eigenvalue weighted by molar-refractivity contribution is -0.152. The summed E-state index contributed by atoms with van der Waals surface area (Å²) in [5.74, 6) is 1.37. The van der Waals surface area contributed by atoms with Gasteiger partial charge in [-0.05, 0) is 43.4 Å². The summed E-state index contributed by atoms with van der Waals surface area (Å²) in [7, 11) is 0. The summed E-state index contributed by atoms with van der Waals surface area (Å²) in [5, 5.41) is 0. The third-order valence-corrected chi connectivity index (χ3v) is 4.68. The van der Waals surface area contributed by atoms with Gasteiger partial charge in [-0.1, -0.05) is 52.2 Å². The molecule has 1 aromatic carbocycles. The molecular weight excluding hydrogens is 340 g/mol. The molecule has 0 amide bonds. The van der Waals surface area contributed by atoms with Crippen LogP contribution in [0.15, 0.2) is 24.3 Å². The van der Waals surface area contributed by atoms with E-state index in [9.17, 15) is 4.79 Å². The Morgan fingerprint density at radius 3 is 2.33 bits per heavy atom. The maximum atomic E-state index is 11.8. The highest BCUT2D eigenvalue weighted by molar-refractivity contribution is 5.69. The second-order valence-corrected chi connectivity index (χ2v) is 7.10. The Kier molecular flexibility index (Phi) is 12.6. The van der Waals surface area contributed by atoms with E-state index in [4.69, 9.17) is 14.2 Å². The van der Waals surface area contributed by atoms with Gasteiger partial charge in [0, 0.05) is 19.4 Å². The Morgan fingerprint density at radius 2 is 1.74 bits per heavy atom. The zero-order valence-corrected chi connectivity index (χ0v) is 17.7. The van der Waals surface area contributed by atoms with E-state index in [2.05, 4.69) is 26.0 Å². The molecule has 154 valence electrons. The van der Waals surface area contributed by atoms with Crippen molar-refractivity contribution in [3.63, 3.8) is 0 Å². The van der Waals surface area contributed by atoms with Crippen LogP contribution in [-0.2, 0) is 20.7 Å². The van der Waals surface area contributed by atoms with E-state index in [1.165, 1.54) is 19.3 Å². The van der Waals surface area contributed by atoms with Crippen molar-refractivity contribution in [3.8, 4) is 5.75 Å². The maximum absolute atomic E-state index is 11.8. The third kappa shape index (κ3) is 10.4. The minimum Gasteiger partial charge on any atom is -0.493 e. The topological polar surface area (TPSA) is 44.8 Å². The number of unbranched alkanes of at least 4 members (excludes halogenated alkanes) is 1. The van der Waals surface area contributed by atoms with Gasteiger partial charge in [0.05, 0.1) is 13.2 Å². The number of ether oxygens (including phenoxy) is 3. The fraction of sp³-hybridized carbons (Fsp3) is 0.696. The molecule has 0 radical (unpaired) electrons. The number of hydrogen-bond donors (Lipinski definition) is 0. The predicted octanol–water partition coefficient (Wildman–Crippen LogP) is 5.57. The van der Waals surface area contributed by atoms with Crippen LogP contribution in [-0.4, -0.2) is 31.9 Å². The minimum atomic E-state index is -0.241. The van der Waals surface area contributed by atoms with Gasteiger partial charge < -0.3 is 14.2 Å². The van der Waals surface area contributed by atoms with Gasteiger partial charge in [-0.15, -0.1) is 0 Å². The van der Waals surface area contributed by atoms with E-state index >= 15 is 0 Å². The standard InChI is InChI=1S/C23H38O4/c1-5-9-11-19(7-3)17-26-21-14-12-20(13-15-21)16-22(18-25-8-4)27-23(24)10-6-2/h12-15,19,22H,5-11,16-18H2,1-4H3/t19?,22-/m0/s1. The molecule has 4 heteroatoms. The number of rotatable bonds is 15. The number of benzene rings is 1. The van der Waals surface area contributed by atoms with Crippen LogP contribution in [0.3, 0.4) is 0 Å². The summed E-state index contributed by atoms with van der Waals surface area (Å²) < 4.78 is 17.0. The number of esters is 1. The van der Waals surface area contributed by atoms with E-state index in [0.29, 0.717) is 32.0 Å². The van der Waals surface area contributed by atoms with Crippen molar-refractivity contribution in [2.45, 2.75) is 78.7 Å². The summed E-state index contributed by atoms with van der Waals surface area (Å²) in [6.07, 6.45) is 6.54. The van der Waals surface area contributed by atoms with E-state index in [1.54, 1.807) is 0 Å². The average molecular weight is 379 g/mol. The minimum absolute atomic E-state index is 0.153. The van der Waals surface area contributed by atoms with Gasteiger partial charge >= 0.3 is 5.97 Å². The molecule has 0 saturated heterocycles. The lowest BCUT2D eigenvalue weighted by Crippen LogP contribution is -2.26. The van der Waals surface area contributed by atoms with Crippen LogP contribution < -0.4 is 4.74 Å². The number of hydrogen-bond acceptors (Lipinski definition) is 4. The first-order valence-corrected chi connectivity index (χ1v) is 10.6. The molecule has 0 saturated carbocycles. The molecule has 0 aliphatic carbocycles. The maximum Gasteiger partial charge on any atom is 0.306 e. The average Bonchev–Trinajstić information content (AvgIpc) is 2.67. The molecule has 0 spiro atoms. The fourth-order valence-corrected chi connectivity index (χ4v) is 2.93. The summed E-state index contributed by atoms with van der Waals surface area (Å²) in [6.45, 7) is 10.2. The molecule has 0 fully saturated rings. The number of carbonyl (C=O) groups excluding carboxylic acids is 1. The molecule has 1 rings (SSSR count). The highest BCUT2D eigenvalue weighted by Crippen LogP contribution is 2.18. The van der Waals surface area contributed by atoms with E-state index in [0.717, 1.165) is 30.8 Å². The summed E-state index contributed by atoms with van der Waals surface area (Å²) in [5.41, 5.74) is 1.12. The van der Waals surface area contributed by atoms with Gasteiger partial charge in [-0.3, -0.25) is 4.79 Å². The van der Waals surface area contributed by atoms with Gasteiger partial charge in [-0.2, -0.15) is 0 Å². The Morgan fingerprint density at radius 1 is 1.00 bits per heavy atom. The first kappa shape index (κ1) is 23.5. The second-order valence-electron chi connectivity index (χ2n) is 7.10. The molecule has 27 heavy (non-hydrogen) atoms. The molecule has 0 N–H and O–H groups in total. The Hall–Kier alpha value is -1.55. The highest BCUT2D eigenvalue weighted by atomic mass is 16.6. The zero-order valence-electron chi connectivity index (χ0n) is 17.7. The van der Waals surface area contributed by atoms with Crippen LogP contribution in [0.1, 0.15) is 71.8 Å². The molecule has 0 heterocycles. The third-order valence-electron chi connectivity index (χ3n) is 4.68. The molecule has 0 aliphatic heterocycles. The van der Waals surface area contributed by atoms with Gasteiger partial charge in [0.1, 0.15) is 11.9 Å².